The highest BCUT2D eigenvalue weighted by Crippen LogP contribution is 2.41. The molecule has 0 saturated heterocycles. The van der Waals surface area contributed by atoms with Crippen molar-refractivity contribution >= 4 is 34.9 Å². The van der Waals surface area contributed by atoms with E-state index in [4.69, 9.17) is 0 Å². The molecule has 0 bridgehead atoms. The minimum absolute atomic E-state index is 0.661. The molecule has 22 heavy (non-hydrogen) atoms. The van der Waals surface area contributed by atoms with Crippen molar-refractivity contribution in [1.29, 1.82) is 0 Å². The maximum absolute atomic E-state index is 3.80. The standard InChI is InChI=1S/C19H26BrNSi/c1-13(2)22(14(3)4,15(5)6)11-10-16-12-21-18-9-7-8-17(20)19(16)18/h7-9,12-15,21H,1-6H3. The summed E-state index contributed by atoms with van der Waals surface area (Å²) in [6, 6.07) is 6.23. The molecule has 2 aromatic rings. The third-order valence-corrected chi connectivity index (χ3v) is 11.9. The van der Waals surface area contributed by atoms with E-state index in [0.717, 1.165) is 15.6 Å². The van der Waals surface area contributed by atoms with Gasteiger partial charge in [-0.25, -0.2) is 0 Å². The van der Waals surface area contributed by atoms with E-state index >= 15 is 0 Å². The summed E-state index contributed by atoms with van der Waals surface area (Å²) in [4.78, 5) is 3.34. The van der Waals surface area contributed by atoms with Crippen LogP contribution in [-0.4, -0.2) is 13.1 Å². The monoisotopic (exact) mass is 375 g/mol. The molecule has 0 saturated carbocycles. The smallest absolute Gasteiger partial charge is 0.146 e. The van der Waals surface area contributed by atoms with Gasteiger partial charge in [0.25, 0.3) is 0 Å². The van der Waals surface area contributed by atoms with Gasteiger partial charge in [-0.3, -0.25) is 0 Å². The first-order chi connectivity index (χ1) is 10.3. The van der Waals surface area contributed by atoms with Gasteiger partial charge in [0, 0.05) is 21.6 Å². The van der Waals surface area contributed by atoms with Gasteiger partial charge in [0.05, 0.1) is 5.56 Å². The number of aromatic nitrogens is 1. The predicted octanol–water partition coefficient (Wildman–Crippen LogP) is 6.50. The molecular formula is C19H26BrNSi. The third-order valence-electron chi connectivity index (χ3n) is 4.93. The van der Waals surface area contributed by atoms with Gasteiger partial charge in [-0.05, 0) is 28.8 Å². The highest BCUT2D eigenvalue weighted by Gasteiger charge is 2.41. The summed E-state index contributed by atoms with van der Waals surface area (Å²) in [5.74, 6) is 3.54. The van der Waals surface area contributed by atoms with E-state index in [1.165, 1.54) is 5.39 Å². The number of hydrogen-bond acceptors (Lipinski definition) is 0. The van der Waals surface area contributed by atoms with E-state index in [-0.39, 0.29) is 0 Å². The average Bonchev–Trinajstić information content (AvgIpc) is 2.83. The Morgan fingerprint density at radius 3 is 2.14 bits per heavy atom. The molecule has 0 atom stereocenters. The molecule has 0 aliphatic rings. The van der Waals surface area contributed by atoms with Gasteiger partial charge >= 0.3 is 0 Å². The SMILES string of the molecule is CC(C)[Si](C#Cc1c[nH]c2cccc(Br)c12)(C(C)C)C(C)C. The third kappa shape index (κ3) is 2.92. The fraction of sp³-hybridized carbons (Fsp3) is 0.474. The molecule has 1 nitrogen and oxygen atoms in total. The van der Waals surface area contributed by atoms with Gasteiger partial charge in [-0.1, -0.05) is 69.5 Å². The minimum atomic E-state index is -1.68. The Morgan fingerprint density at radius 1 is 1.00 bits per heavy atom. The van der Waals surface area contributed by atoms with Crippen LogP contribution in [0.4, 0.5) is 0 Å². The molecule has 1 N–H and O–H groups in total. The normalized spacial score (nSPS) is 12.3. The van der Waals surface area contributed by atoms with Gasteiger partial charge < -0.3 is 4.98 Å². The summed E-state index contributed by atoms with van der Waals surface area (Å²) >= 11 is 3.66. The Bertz CT molecular complexity index is 694. The van der Waals surface area contributed by atoms with Crippen LogP contribution in [0.1, 0.15) is 47.1 Å². The first-order valence-electron chi connectivity index (χ1n) is 8.09. The molecule has 0 spiro atoms. The number of halogens is 1. The lowest BCUT2D eigenvalue weighted by Gasteiger charge is -2.38. The summed E-state index contributed by atoms with van der Waals surface area (Å²) in [5.41, 5.74) is 8.04. The molecule has 0 aliphatic heterocycles. The summed E-state index contributed by atoms with van der Waals surface area (Å²) in [7, 11) is -1.68. The lowest BCUT2D eigenvalue weighted by molar-refractivity contribution is 0.838. The Labute approximate surface area is 144 Å². The van der Waals surface area contributed by atoms with Gasteiger partial charge in [0.1, 0.15) is 8.07 Å². The molecule has 0 radical (unpaired) electrons. The molecule has 118 valence electrons. The lowest BCUT2D eigenvalue weighted by atomic mass is 10.2. The molecule has 1 heterocycles. The maximum atomic E-state index is 3.80. The zero-order valence-corrected chi connectivity index (χ0v) is 17.0. The first kappa shape index (κ1) is 17.4. The molecule has 3 heteroatoms. The van der Waals surface area contributed by atoms with Crippen molar-refractivity contribution in [1.82, 2.24) is 4.98 Å². The van der Waals surface area contributed by atoms with Crippen molar-refractivity contribution in [3.05, 3.63) is 34.4 Å². The molecule has 0 amide bonds. The molecule has 1 aromatic carbocycles. The predicted molar refractivity (Wildman–Crippen MR) is 104 cm³/mol. The average molecular weight is 376 g/mol. The van der Waals surface area contributed by atoms with Crippen LogP contribution in [0.2, 0.25) is 16.6 Å². The zero-order chi connectivity index (χ0) is 16.5. The first-order valence-corrected chi connectivity index (χ1v) is 11.1. The summed E-state index contributed by atoms with van der Waals surface area (Å²) < 4.78 is 1.11. The van der Waals surface area contributed by atoms with Crippen molar-refractivity contribution < 1.29 is 0 Å². The van der Waals surface area contributed by atoms with Crippen molar-refractivity contribution in [2.24, 2.45) is 0 Å². The lowest BCUT2D eigenvalue weighted by Crippen LogP contribution is -2.43. The van der Waals surface area contributed by atoms with Crippen LogP contribution in [0.25, 0.3) is 10.9 Å². The van der Waals surface area contributed by atoms with Gasteiger partial charge in [-0.15, -0.1) is 5.54 Å². The van der Waals surface area contributed by atoms with Crippen molar-refractivity contribution in [3.63, 3.8) is 0 Å². The van der Waals surface area contributed by atoms with E-state index < -0.39 is 8.07 Å². The largest absolute Gasteiger partial charge is 0.360 e. The Hall–Kier alpha value is -0.983. The van der Waals surface area contributed by atoms with Crippen LogP contribution in [0.5, 0.6) is 0 Å². The van der Waals surface area contributed by atoms with Crippen LogP contribution >= 0.6 is 15.9 Å². The van der Waals surface area contributed by atoms with E-state index in [1.54, 1.807) is 0 Å². The van der Waals surface area contributed by atoms with Crippen LogP contribution in [0, 0.1) is 11.5 Å². The molecule has 0 unspecified atom stereocenters. The van der Waals surface area contributed by atoms with Gasteiger partial charge in [0.2, 0.25) is 0 Å². The van der Waals surface area contributed by atoms with Crippen molar-refractivity contribution in [2.45, 2.75) is 58.2 Å². The number of aromatic amines is 1. The topological polar surface area (TPSA) is 15.8 Å². The quantitative estimate of drug-likeness (QED) is 0.465. The second kappa shape index (κ2) is 6.64. The molecular weight excluding hydrogens is 350 g/mol. The summed E-state index contributed by atoms with van der Waals surface area (Å²) in [5, 5.41) is 1.20. The zero-order valence-electron chi connectivity index (χ0n) is 14.4. The van der Waals surface area contributed by atoms with E-state index in [1.807, 2.05) is 6.20 Å². The van der Waals surface area contributed by atoms with E-state index in [9.17, 15) is 0 Å². The number of rotatable bonds is 3. The van der Waals surface area contributed by atoms with E-state index in [0.29, 0.717) is 16.6 Å². The summed E-state index contributed by atoms with van der Waals surface area (Å²) in [6.07, 6.45) is 2.04. The number of hydrogen-bond donors (Lipinski definition) is 1. The number of nitrogens with one attached hydrogen (secondary N) is 1. The molecule has 1 aromatic heterocycles. The maximum Gasteiger partial charge on any atom is 0.146 e. The summed E-state index contributed by atoms with van der Waals surface area (Å²) in [6.45, 7) is 14.1. The van der Waals surface area contributed by atoms with Gasteiger partial charge in [-0.2, -0.15) is 0 Å². The van der Waals surface area contributed by atoms with Crippen LogP contribution in [0.15, 0.2) is 28.9 Å². The minimum Gasteiger partial charge on any atom is -0.360 e. The second-order valence-corrected chi connectivity index (χ2v) is 13.4. The second-order valence-electron chi connectivity index (χ2n) is 7.01. The number of benzene rings is 1. The van der Waals surface area contributed by atoms with Crippen LogP contribution < -0.4 is 0 Å². The van der Waals surface area contributed by atoms with Crippen molar-refractivity contribution in [2.75, 3.05) is 0 Å². The molecule has 0 aliphatic carbocycles. The Balaban J connectivity index is 2.58. The number of H-pyrrole nitrogens is 1. The fourth-order valence-electron chi connectivity index (χ4n) is 3.85. The fourth-order valence-corrected chi connectivity index (χ4v) is 9.64. The van der Waals surface area contributed by atoms with Crippen LogP contribution in [-0.2, 0) is 0 Å². The Morgan fingerprint density at radius 2 is 1.59 bits per heavy atom. The molecule has 2 rings (SSSR count). The number of fused-ring (bicyclic) bond motifs is 1. The Kier molecular flexibility index (Phi) is 5.24. The van der Waals surface area contributed by atoms with E-state index in [2.05, 4.69) is 92.1 Å². The van der Waals surface area contributed by atoms with Gasteiger partial charge in [0.15, 0.2) is 0 Å². The van der Waals surface area contributed by atoms with Crippen LogP contribution in [0.3, 0.4) is 0 Å². The van der Waals surface area contributed by atoms with Crippen molar-refractivity contribution in [3.8, 4) is 11.5 Å². The molecule has 0 fully saturated rings. The highest BCUT2D eigenvalue weighted by molar-refractivity contribution is 9.10. The highest BCUT2D eigenvalue weighted by atomic mass is 79.9.